The first kappa shape index (κ1) is 15.9. The van der Waals surface area contributed by atoms with E-state index in [4.69, 9.17) is 0 Å². The van der Waals surface area contributed by atoms with E-state index in [9.17, 15) is 0 Å². The van der Waals surface area contributed by atoms with Crippen molar-refractivity contribution in [2.24, 2.45) is 0 Å². The van der Waals surface area contributed by atoms with Crippen molar-refractivity contribution in [3.63, 3.8) is 0 Å². The smallest absolute Gasteiger partial charge is 0.137 e. The van der Waals surface area contributed by atoms with Gasteiger partial charge in [-0.25, -0.2) is 4.98 Å². The van der Waals surface area contributed by atoms with E-state index in [1.807, 2.05) is 4.68 Å². The lowest BCUT2D eigenvalue weighted by Crippen LogP contribution is -2.58. The summed E-state index contributed by atoms with van der Waals surface area (Å²) in [5.41, 5.74) is 0.412. The third-order valence-corrected chi connectivity index (χ3v) is 5.52. The summed E-state index contributed by atoms with van der Waals surface area (Å²) in [5, 5.41) is 8.01. The van der Waals surface area contributed by atoms with Gasteiger partial charge in [0.25, 0.3) is 0 Å². The van der Waals surface area contributed by atoms with Gasteiger partial charge in [0.1, 0.15) is 12.7 Å². The van der Waals surface area contributed by atoms with Crippen LogP contribution >= 0.6 is 0 Å². The number of rotatable bonds is 6. The van der Waals surface area contributed by atoms with Crippen molar-refractivity contribution in [1.82, 2.24) is 25.0 Å². The van der Waals surface area contributed by atoms with E-state index in [1.54, 1.807) is 12.7 Å². The molecule has 1 saturated carbocycles. The lowest BCUT2D eigenvalue weighted by atomic mass is 9.79. The fraction of sp³-hybridized carbons (Fsp3) is 0.882. The maximum atomic E-state index is 4.21. The van der Waals surface area contributed by atoms with Crippen molar-refractivity contribution in [2.75, 3.05) is 19.6 Å². The highest BCUT2D eigenvalue weighted by Crippen LogP contribution is 2.35. The molecule has 1 aliphatic carbocycles. The van der Waals surface area contributed by atoms with E-state index in [0.717, 1.165) is 13.1 Å². The van der Waals surface area contributed by atoms with Gasteiger partial charge in [-0.3, -0.25) is 9.58 Å². The van der Waals surface area contributed by atoms with Crippen LogP contribution in [0, 0.1) is 0 Å². The molecule has 0 bridgehead atoms. The van der Waals surface area contributed by atoms with Crippen LogP contribution in [0.3, 0.4) is 0 Å². The Hall–Kier alpha value is -0.940. The van der Waals surface area contributed by atoms with Crippen molar-refractivity contribution >= 4 is 0 Å². The van der Waals surface area contributed by atoms with Crippen molar-refractivity contribution in [3.05, 3.63) is 12.7 Å². The molecule has 2 heterocycles. The molecule has 1 saturated heterocycles. The van der Waals surface area contributed by atoms with E-state index in [0.29, 0.717) is 11.6 Å². The summed E-state index contributed by atoms with van der Waals surface area (Å²) in [6, 6.07) is 0.435. The number of aromatic nitrogens is 3. The largest absolute Gasteiger partial charge is 0.311 e. The minimum Gasteiger partial charge on any atom is -0.311 e. The predicted molar refractivity (Wildman–Crippen MR) is 88.7 cm³/mol. The average molecular weight is 305 g/mol. The van der Waals surface area contributed by atoms with Crippen LogP contribution in [0.1, 0.15) is 58.3 Å². The highest BCUT2D eigenvalue weighted by atomic mass is 15.3. The lowest BCUT2D eigenvalue weighted by molar-refractivity contribution is 0.0313. The maximum Gasteiger partial charge on any atom is 0.137 e. The molecule has 0 spiro atoms. The van der Waals surface area contributed by atoms with Crippen molar-refractivity contribution in [2.45, 2.75) is 76.4 Å². The van der Waals surface area contributed by atoms with Crippen molar-refractivity contribution in [1.29, 1.82) is 0 Å². The highest BCUT2D eigenvalue weighted by Gasteiger charge is 2.38. The Morgan fingerprint density at radius 2 is 1.82 bits per heavy atom. The normalized spacial score (nSPS) is 24.2. The molecule has 5 nitrogen and oxygen atoms in total. The average Bonchev–Trinajstić information content (AvgIpc) is 3.08. The molecular formula is C17H31N5. The number of piperidine rings is 1. The van der Waals surface area contributed by atoms with Crippen LogP contribution in [0.15, 0.2) is 12.7 Å². The molecule has 0 aromatic carbocycles. The first-order chi connectivity index (χ1) is 10.8. The van der Waals surface area contributed by atoms with Gasteiger partial charge in [0.05, 0.1) is 6.54 Å². The minimum absolute atomic E-state index is 0.412. The molecule has 124 valence electrons. The standard InChI is InChI=1S/C17H31N5/c1-16(12-22-15-18-14-20-22)19-13-17(8-4-2-5-9-17)21-10-6-3-7-11-21/h14-16,19H,2-13H2,1H3/t16-/m1/s1. The topological polar surface area (TPSA) is 46.0 Å². The summed E-state index contributed by atoms with van der Waals surface area (Å²) in [5.74, 6) is 0. The highest BCUT2D eigenvalue weighted by molar-refractivity contribution is 4.96. The Morgan fingerprint density at radius 1 is 1.09 bits per heavy atom. The Bertz CT molecular complexity index is 418. The Morgan fingerprint density at radius 3 is 2.50 bits per heavy atom. The second-order valence-electron chi connectivity index (χ2n) is 7.23. The zero-order chi connectivity index (χ0) is 15.3. The van der Waals surface area contributed by atoms with Crippen LogP contribution in [0.2, 0.25) is 0 Å². The van der Waals surface area contributed by atoms with Gasteiger partial charge in [-0.05, 0) is 45.7 Å². The number of likely N-dealkylation sites (tertiary alicyclic amines) is 1. The summed E-state index contributed by atoms with van der Waals surface area (Å²) in [7, 11) is 0. The third kappa shape index (κ3) is 3.87. The minimum atomic E-state index is 0.412. The maximum absolute atomic E-state index is 4.21. The van der Waals surface area contributed by atoms with Crippen LogP contribution in [0.5, 0.6) is 0 Å². The fourth-order valence-corrected chi connectivity index (χ4v) is 4.22. The predicted octanol–water partition coefficient (Wildman–Crippen LogP) is 2.44. The Labute approximate surface area is 134 Å². The molecule has 0 radical (unpaired) electrons. The van der Waals surface area contributed by atoms with Crippen LogP contribution in [-0.2, 0) is 6.54 Å². The summed E-state index contributed by atoms with van der Waals surface area (Å²) in [6.07, 6.45) is 14.6. The molecule has 2 aliphatic rings. The molecule has 22 heavy (non-hydrogen) atoms. The zero-order valence-corrected chi connectivity index (χ0v) is 14.0. The SMILES string of the molecule is C[C@H](Cn1cncn1)NCC1(N2CCCCC2)CCCCC1. The molecule has 5 heteroatoms. The van der Waals surface area contributed by atoms with Crippen molar-refractivity contribution < 1.29 is 0 Å². The monoisotopic (exact) mass is 305 g/mol. The molecule has 2 fully saturated rings. The third-order valence-electron chi connectivity index (χ3n) is 5.52. The van der Waals surface area contributed by atoms with Gasteiger partial charge in [-0.15, -0.1) is 0 Å². The molecule has 1 aromatic heterocycles. The van der Waals surface area contributed by atoms with Gasteiger partial charge in [0, 0.05) is 18.1 Å². The quantitative estimate of drug-likeness (QED) is 0.877. The van der Waals surface area contributed by atoms with Gasteiger partial charge in [0.15, 0.2) is 0 Å². The van der Waals surface area contributed by atoms with E-state index in [2.05, 4.69) is 27.2 Å². The molecular weight excluding hydrogens is 274 g/mol. The van der Waals surface area contributed by atoms with Crippen LogP contribution < -0.4 is 5.32 Å². The summed E-state index contributed by atoms with van der Waals surface area (Å²) >= 11 is 0. The van der Waals surface area contributed by atoms with E-state index >= 15 is 0 Å². The second-order valence-corrected chi connectivity index (χ2v) is 7.23. The first-order valence-electron chi connectivity index (χ1n) is 9.09. The molecule has 0 unspecified atom stereocenters. The number of hydrogen-bond acceptors (Lipinski definition) is 4. The fourth-order valence-electron chi connectivity index (χ4n) is 4.22. The Kier molecular flexibility index (Phi) is 5.47. The summed E-state index contributed by atoms with van der Waals surface area (Å²) < 4.78 is 1.92. The van der Waals surface area contributed by atoms with Crippen molar-refractivity contribution in [3.8, 4) is 0 Å². The second kappa shape index (κ2) is 7.55. The Balaban J connectivity index is 1.57. The lowest BCUT2D eigenvalue weighted by Gasteiger charge is -2.49. The number of nitrogens with zero attached hydrogens (tertiary/aromatic N) is 4. The molecule has 1 aliphatic heterocycles. The number of hydrogen-bond donors (Lipinski definition) is 1. The van der Waals surface area contributed by atoms with E-state index < -0.39 is 0 Å². The van der Waals surface area contributed by atoms with Gasteiger partial charge in [0.2, 0.25) is 0 Å². The van der Waals surface area contributed by atoms with Crippen LogP contribution in [0.25, 0.3) is 0 Å². The van der Waals surface area contributed by atoms with Gasteiger partial charge in [-0.1, -0.05) is 25.7 Å². The van der Waals surface area contributed by atoms with Gasteiger partial charge in [-0.2, -0.15) is 5.10 Å². The molecule has 3 rings (SSSR count). The molecule has 1 aromatic rings. The zero-order valence-electron chi connectivity index (χ0n) is 14.0. The van der Waals surface area contributed by atoms with E-state index in [-0.39, 0.29) is 0 Å². The molecule has 1 N–H and O–H groups in total. The molecule has 1 atom stereocenters. The van der Waals surface area contributed by atoms with Gasteiger partial charge >= 0.3 is 0 Å². The molecule has 0 amide bonds. The van der Waals surface area contributed by atoms with E-state index in [1.165, 1.54) is 64.5 Å². The first-order valence-corrected chi connectivity index (χ1v) is 9.09. The van der Waals surface area contributed by atoms with Crippen LogP contribution in [-0.4, -0.2) is 50.9 Å². The summed E-state index contributed by atoms with van der Waals surface area (Å²) in [4.78, 5) is 6.84. The van der Waals surface area contributed by atoms with Gasteiger partial charge < -0.3 is 5.32 Å². The van der Waals surface area contributed by atoms with Crippen LogP contribution in [0.4, 0.5) is 0 Å². The summed E-state index contributed by atoms with van der Waals surface area (Å²) in [6.45, 7) is 6.89. The number of nitrogens with one attached hydrogen (secondary N) is 1.